The largest absolute Gasteiger partial charge is 0.382 e. The molecule has 0 atom stereocenters. The first-order chi connectivity index (χ1) is 17.5. The summed E-state index contributed by atoms with van der Waals surface area (Å²) in [6, 6.07) is 8.21. The van der Waals surface area contributed by atoms with Crippen LogP contribution < -0.4 is 5.32 Å². The smallest absolute Gasteiger partial charge is 0.161 e. The van der Waals surface area contributed by atoms with Crippen LogP contribution in [0.25, 0.3) is 55.8 Å². The van der Waals surface area contributed by atoms with Gasteiger partial charge < -0.3 is 10.3 Å². The number of anilines is 1. The number of hydrogen-bond acceptors (Lipinski definition) is 6. The predicted molar refractivity (Wildman–Crippen MR) is 134 cm³/mol. The standard InChI is InChI=1S/C26H20F2N8/c1-13(2)32-17-7-15(8-29-9-17)23-22(28)21-19(12-31-23)35-36-25(21)26-33-20-11-30-10-18(24(20)34-26)14-4-3-5-16(27)6-14/h3-13,32H,1-2H3,(H,33,34)(H,35,36). The van der Waals surface area contributed by atoms with E-state index in [4.69, 9.17) is 4.98 Å². The number of nitrogens with zero attached hydrogens (tertiary/aromatic N) is 5. The SMILES string of the molecule is CC(C)Nc1cncc(-c2ncc3[nH]nc(-c4nc5c(-c6cccc(F)c6)cncc5[nH]4)c3c2F)c1. The summed E-state index contributed by atoms with van der Waals surface area (Å²) in [6.45, 7) is 4.02. The van der Waals surface area contributed by atoms with Crippen LogP contribution in [-0.2, 0) is 0 Å². The molecule has 0 saturated carbocycles. The van der Waals surface area contributed by atoms with Crippen molar-refractivity contribution < 1.29 is 8.78 Å². The molecule has 5 aromatic heterocycles. The van der Waals surface area contributed by atoms with Crippen molar-refractivity contribution in [2.45, 2.75) is 19.9 Å². The molecular formula is C26H20F2N8. The van der Waals surface area contributed by atoms with Gasteiger partial charge in [-0.05, 0) is 37.6 Å². The van der Waals surface area contributed by atoms with Crippen molar-refractivity contribution in [1.82, 2.24) is 35.1 Å². The topological polar surface area (TPSA) is 108 Å². The number of hydrogen-bond donors (Lipinski definition) is 3. The van der Waals surface area contributed by atoms with Crippen LogP contribution in [0.15, 0.2) is 61.3 Å². The first kappa shape index (κ1) is 21.8. The molecule has 0 aliphatic heterocycles. The lowest BCUT2D eigenvalue weighted by molar-refractivity contribution is 0.628. The second kappa shape index (κ2) is 8.49. The average molecular weight is 482 g/mol. The van der Waals surface area contributed by atoms with Crippen molar-refractivity contribution in [2.75, 3.05) is 5.32 Å². The molecule has 0 saturated heterocycles. The number of pyridine rings is 3. The van der Waals surface area contributed by atoms with Gasteiger partial charge in [0.15, 0.2) is 11.6 Å². The summed E-state index contributed by atoms with van der Waals surface area (Å²) in [6.07, 6.45) is 8.03. The molecule has 0 aliphatic carbocycles. The normalized spacial score (nSPS) is 11.6. The monoisotopic (exact) mass is 482 g/mol. The number of aromatic nitrogens is 7. The first-order valence-electron chi connectivity index (χ1n) is 11.3. The summed E-state index contributed by atoms with van der Waals surface area (Å²) >= 11 is 0. The Hall–Kier alpha value is -4.73. The van der Waals surface area contributed by atoms with Crippen LogP contribution in [0.1, 0.15) is 13.8 Å². The van der Waals surface area contributed by atoms with Crippen LogP contribution in [0.2, 0.25) is 0 Å². The number of rotatable bonds is 5. The maximum absolute atomic E-state index is 15.9. The van der Waals surface area contributed by atoms with Crippen LogP contribution in [-0.4, -0.2) is 41.2 Å². The van der Waals surface area contributed by atoms with Gasteiger partial charge in [0.1, 0.15) is 17.2 Å². The minimum absolute atomic E-state index is 0.156. The van der Waals surface area contributed by atoms with E-state index >= 15 is 4.39 Å². The zero-order valence-corrected chi connectivity index (χ0v) is 19.3. The predicted octanol–water partition coefficient (Wildman–Crippen LogP) is 5.72. The molecule has 6 rings (SSSR count). The van der Waals surface area contributed by atoms with E-state index in [1.54, 1.807) is 36.9 Å². The van der Waals surface area contributed by atoms with E-state index in [9.17, 15) is 4.39 Å². The van der Waals surface area contributed by atoms with Gasteiger partial charge in [0, 0.05) is 35.8 Å². The zero-order chi connectivity index (χ0) is 24.8. The van der Waals surface area contributed by atoms with Crippen molar-refractivity contribution in [3.63, 3.8) is 0 Å². The minimum atomic E-state index is -0.538. The lowest BCUT2D eigenvalue weighted by Crippen LogP contribution is -2.09. The van der Waals surface area contributed by atoms with Gasteiger partial charge in [-0.15, -0.1) is 0 Å². The van der Waals surface area contributed by atoms with Crippen LogP contribution in [0.3, 0.4) is 0 Å². The Bertz CT molecular complexity index is 1740. The van der Waals surface area contributed by atoms with E-state index in [1.165, 1.54) is 18.3 Å². The summed E-state index contributed by atoms with van der Waals surface area (Å²) < 4.78 is 29.8. The van der Waals surface area contributed by atoms with E-state index in [1.807, 2.05) is 19.9 Å². The molecule has 0 aliphatic rings. The Labute approximate surface area is 203 Å². The summed E-state index contributed by atoms with van der Waals surface area (Å²) in [5.41, 5.74) is 4.68. The third kappa shape index (κ3) is 3.72. The first-order valence-corrected chi connectivity index (χ1v) is 11.3. The van der Waals surface area contributed by atoms with E-state index in [-0.39, 0.29) is 22.9 Å². The summed E-state index contributed by atoms with van der Waals surface area (Å²) in [5, 5.41) is 10.7. The Morgan fingerprint density at radius 2 is 1.75 bits per heavy atom. The van der Waals surface area contributed by atoms with E-state index in [2.05, 4.69) is 35.5 Å². The van der Waals surface area contributed by atoms with Crippen molar-refractivity contribution in [2.24, 2.45) is 0 Å². The fraction of sp³-hybridized carbons (Fsp3) is 0.115. The highest BCUT2D eigenvalue weighted by Gasteiger charge is 2.21. The summed E-state index contributed by atoms with van der Waals surface area (Å²) in [4.78, 5) is 20.7. The van der Waals surface area contributed by atoms with Crippen LogP contribution in [0.5, 0.6) is 0 Å². The quantitative estimate of drug-likeness (QED) is 0.290. The molecule has 5 heterocycles. The maximum atomic E-state index is 15.9. The maximum Gasteiger partial charge on any atom is 0.161 e. The van der Waals surface area contributed by atoms with Crippen molar-refractivity contribution >= 4 is 27.6 Å². The molecule has 6 aromatic rings. The second-order valence-corrected chi connectivity index (χ2v) is 8.72. The molecule has 0 amide bonds. The number of nitrogens with one attached hydrogen (secondary N) is 3. The number of imidazole rings is 1. The Morgan fingerprint density at radius 1 is 0.889 bits per heavy atom. The fourth-order valence-corrected chi connectivity index (χ4v) is 4.24. The second-order valence-electron chi connectivity index (χ2n) is 8.72. The molecule has 1 aromatic carbocycles. The summed E-state index contributed by atoms with van der Waals surface area (Å²) in [7, 11) is 0. The van der Waals surface area contributed by atoms with E-state index < -0.39 is 5.82 Å². The Balaban J connectivity index is 1.49. The molecule has 0 spiro atoms. The van der Waals surface area contributed by atoms with Gasteiger partial charge in [0.05, 0.1) is 40.0 Å². The Kier molecular flexibility index (Phi) is 5.14. The number of halogens is 2. The van der Waals surface area contributed by atoms with Gasteiger partial charge >= 0.3 is 0 Å². The molecule has 8 nitrogen and oxygen atoms in total. The van der Waals surface area contributed by atoms with Crippen LogP contribution >= 0.6 is 0 Å². The summed E-state index contributed by atoms with van der Waals surface area (Å²) in [5.74, 6) is -0.544. The van der Waals surface area contributed by atoms with E-state index in [0.29, 0.717) is 44.8 Å². The zero-order valence-electron chi connectivity index (χ0n) is 19.3. The highest BCUT2D eigenvalue weighted by molar-refractivity contribution is 5.97. The molecule has 0 bridgehead atoms. The van der Waals surface area contributed by atoms with Gasteiger partial charge in [-0.1, -0.05) is 12.1 Å². The number of fused-ring (bicyclic) bond motifs is 2. The lowest BCUT2D eigenvalue weighted by atomic mass is 10.1. The number of H-pyrrole nitrogens is 2. The fourth-order valence-electron chi connectivity index (χ4n) is 4.24. The lowest BCUT2D eigenvalue weighted by Gasteiger charge is -2.11. The molecule has 10 heteroatoms. The Morgan fingerprint density at radius 3 is 2.58 bits per heavy atom. The van der Waals surface area contributed by atoms with Gasteiger partial charge in [-0.2, -0.15) is 5.10 Å². The third-order valence-electron chi connectivity index (χ3n) is 5.77. The van der Waals surface area contributed by atoms with Gasteiger partial charge in [0.25, 0.3) is 0 Å². The molecule has 0 radical (unpaired) electrons. The molecule has 178 valence electrons. The van der Waals surface area contributed by atoms with Crippen molar-refractivity contribution in [3.05, 3.63) is 73.0 Å². The van der Waals surface area contributed by atoms with E-state index in [0.717, 1.165) is 5.69 Å². The number of benzene rings is 1. The molecule has 36 heavy (non-hydrogen) atoms. The van der Waals surface area contributed by atoms with Crippen molar-refractivity contribution in [3.8, 4) is 33.9 Å². The van der Waals surface area contributed by atoms with Crippen LogP contribution in [0.4, 0.5) is 14.5 Å². The molecule has 0 unspecified atom stereocenters. The highest BCUT2D eigenvalue weighted by atomic mass is 19.1. The molecule has 3 N–H and O–H groups in total. The number of aromatic amines is 2. The van der Waals surface area contributed by atoms with Gasteiger partial charge in [-0.25, -0.2) is 13.8 Å². The highest BCUT2D eigenvalue weighted by Crippen LogP contribution is 2.34. The third-order valence-corrected chi connectivity index (χ3v) is 5.77. The molecule has 0 fully saturated rings. The van der Waals surface area contributed by atoms with Crippen LogP contribution in [0, 0.1) is 11.6 Å². The van der Waals surface area contributed by atoms with Gasteiger partial charge in [-0.3, -0.25) is 20.1 Å². The average Bonchev–Trinajstić information content (AvgIpc) is 3.48. The van der Waals surface area contributed by atoms with Gasteiger partial charge in [0.2, 0.25) is 0 Å². The van der Waals surface area contributed by atoms with Crippen molar-refractivity contribution in [1.29, 1.82) is 0 Å². The molecular weight excluding hydrogens is 462 g/mol. The minimum Gasteiger partial charge on any atom is -0.382 e.